The van der Waals surface area contributed by atoms with Gasteiger partial charge in [-0.1, -0.05) is 85.3 Å². The predicted octanol–water partition coefficient (Wildman–Crippen LogP) is 8.51. The zero-order chi connectivity index (χ0) is 40.3. The number of carbonyl (C=O) groups is 3. The summed E-state index contributed by atoms with van der Waals surface area (Å²) in [5.74, 6) is 1.93. The van der Waals surface area contributed by atoms with Gasteiger partial charge < -0.3 is 30.2 Å². The number of likely N-dealkylation sites (tertiary alicyclic amines) is 3. The third kappa shape index (κ3) is 8.28. The first kappa shape index (κ1) is 38.8. The van der Waals surface area contributed by atoms with Crippen molar-refractivity contribution >= 4 is 17.9 Å². The molecule has 3 aromatic carbocycles. The summed E-state index contributed by atoms with van der Waals surface area (Å²) in [5.41, 5.74) is 7.21. The van der Waals surface area contributed by atoms with Gasteiger partial charge in [0.2, 0.25) is 11.8 Å². The maximum absolute atomic E-state index is 14.4. The zero-order valence-corrected chi connectivity index (χ0v) is 33.6. The Kier molecular flexibility index (Phi) is 11.3. The van der Waals surface area contributed by atoms with Crippen molar-refractivity contribution in [1.29, 1.82) is 0 Å². The summed E-state index contributed by atoms with van der Waals surface area (Å²) in [6.45, 7) is 3.36. The average molecular weight is 795 g/mol. The number of imidazole rings is 2. The van der Waals surface area contributed by atoms with Crippen molar-refractivity contribution in [1.82, 2.24) is 40.0 Å². The predicted molar refractivity (Wildman–Crippen MR) is 226 cm³/mol. The molecule has 306 valence electrons. The molecule has 59 heavy (non-hydrogen) atoms. The number of nitrogens with zero attached hydrogens (tertiary/aromatic N) is 5. The minimum absolute atomic E-state index is 0.0711. The Hall–Kier alpha value is -5.75. The Bertz CT molecular complexity index is 2220. The van der Waals surface area contributed by atoms with Gasteiger partial charge in [-0.05, 0) is 105 Å². The molecule has 9 rings (SSSR count). The second kappa shape index (κ2) is 17.2. The monoisotopic (exact) mass is 794 g/mol. The molecule has 3 amide bonds. The molecule has 3 aliphatic heterocycles. The SMILES string of the molecule is O=C(O)NC1CCC(C(=O)N2CCC[C@H]2c2ncc(-c3ccc(-c4ccc(-c5cnc([C@@H]6CCCN6C(=O)[C@@H](c6ccccc6)N6CCCCC6)[nH]5)cc4)cc3)[nH]2)CC1. The second-order valence-corrected chi connectivity index (χ2v) is 16.8. The summed E-state index contributed by atoms with van der Waals surface area (Å²) in [7, 11) is 0. The van der Waals surface area contributed by atoms with E-state index in [0.717, 1.165) is 116 Å². The lowest BCUT2D eigenvalue weighted by molar-refractivity contribution is -0.139. The Morgan fingerprint density at radius 2 is 1.14 bits per heavy atom. The number of nitrogens with one attached hydrogen (secondary N) is 3. The van der Waals surface area contributed by atoms with Crippen molar-refractivity contribution < 1.29 is 19.5 Å². The number of amides is 3. The average Bonchev–Trinajstić information content (AvgIpc) is 4.12. The number of carbonyl (C=O) groups excluding carboxylic acids is 2. The number of piperidine rings is 1. The van der Waals surface area contributed by atoms with Crippen LogP contribution in [0.3, 0.4) is 0 Å². The van der Waals surface area contributed by atoms with Crippen LogP contribution in [0.15, 0.2) is 91.3 Å². The maximum Gasteiger partial charge on any atom is 0.404 e. The lowest BCUT2D eigenvalue weighted by Crippen LogP contribution is -2.44. The first-order valence-electron chi connectivity index (χ1n) is 21.6. The van der Waals surface area contributed by atoms with Crippen LogP contribution < -0.4 is 5.32 Å². The summed E-state index contributed by atoms with van der Waals surface area (Å²) in [4.78, 5) is 62.1. The van der Waals surface area contributed by atoms with Crippen LogP contribution in [-0.4, -0.2) is 89.9 Å². The first-order valence-corrected chi connectivity index (χ1v) is 21.6. The molecule has 4 N–H and O–H groups in total. The van der Waals surface area contributed by atoms with Crippen molar-refractivity contribution in [2.45, 2.75) is 94.8 Å². The van der Waals surface area contributed by atoms with E-state index in [9.17, 15) is 14.4 Å². The Morgan fingerprint density at radius 1 is 0.610 bits per heavy atom. The van der Waals surface area contributed by atoms with E-state index in [2.05, 4.69) is 85.7 Å². The van der Waals surface area contributed by atoms with Gasteiger partial charge in [-0.2, -0.15) is 0 Å². The molecule has 0 spiro atoms. The first-order chi connectivity index (χ1) is 28.9. The minimum Gasteiger partial charge on any atom is -0.465 e. The molecule has 1 saturated carbocycles. The Balaban J connectivity index is 0.836. The van der Waals surface area contributed by atoms with Gasteiger partial charge in [0.15, 0.2) is 0 Å². The normalized spacial score (nSPS) is 23.0. The van der Waals surface area contributed by atoms with E-state index in [0.29, 0.717) is 25.7 Å². The van der Waals surface area contributed by atoms with Crippen LogP contribution in [0.1, 0.15) is 106 Å². The van der Waals surface area contributed by atoms with Gasteiger partial charge in [0.05, 0.1) is 35.9 Å². The van der Waals surface area contributed by atoms with E-state index in [1.54, 1.807) is 0 Å². The van der Waals surface area contributed by atoms with E-state index in [4.69, 9.17) is 15.1 Å². The molecule has 5 heterocycles. The van der Waals surface area contributed by atoms with Crippen molar-refractivity contribution in [2.24, 2.45) is 5.92 Å². The summed E-state index contributed by atoms with van der Waals surface area (Å²) in [6, 6.07) is 26.7. The van der Waals surface area contributed by atoms with E-state index >= 15 is 0 Å². The van der Waals surface area contributed by atoms with Gasteiger partial charge >= 0.3 is 6.09 Å². The largest absolute Gasteiger partial charge is 0.465 e. The smallest absolute Gasteiger partial charge is 0.404 e. The third-order valence-electron chi connectivity index (χ3n) is 13.1. The van der Waals surface area contributed by atoms with Gasteiger partial charge in [0, 0.05) is 25.0 Å². The van der Waals surface area contributed by atoms with Gasteiger partial charge in [0.1, 0.15) is 17.7 Å². The minimum atomic E-state index is -1.000. The summed E-state index contributed by atoms with van der Waals surface area (Å²) in [6.07, 6.45) is 12.7. The van der Waals surface area contributed by atoms with E-state index in [-0.39, 0.29) is 41.9 Å². The molecule has 12 nitrogen and oxygen atoms in total. The van der Waals surface area contributed by atoms with E-state index in [1.165, 1.54) is 6.42 Å². The van der Waals surface area contributed by atoms with Crippen molar-refractivity contribution in [3.63, 3.8) is 0 Å². The van der Waals surface area contributed by atoms with Crippen molar-refractivity contribution in [3.05, 3.63) is 108 Å². The Labute approximate surface area is 345 Å². The highest BCUT2D eigenvalue weighted by molar-refractivity contribution is 5.84. The lowest BCUT2D eigenvalue weighted by Gasteiger charge is -2.37. The zero-order valence-electron chi connectivity index (χ0n) is 33.6. The molecular formula is C47H54N8O4. The fourth-order valence-electron chi connectivity index (χ4n) is 9.99. The Morgan fingerprint density at radius 3 is 1.69 bits per heavy atom. The van der Waals surface area contributed by atoms with E-state index < -0.39 is 6.09 Å². The molecule has 2 aromatic heterocycles. The van der Waals surface area contributed by atoms with Crippen LogP contribution in [-0.2, 0) is 9.59 Å². The lowest BCUT2D eigenvalue weighted by atomic mass is 9.85. The number of hydrogen-bond acceptors (Lipinski definition) is 6. The molecule has 1 aliphatic carbocycles. The fourth-order valence-corrected chi connectivity index (χ4v) is 9.99. The maximum atomic E-state index is 14.4. The molecule has 5 aromatic rings. The van der Waals surface area contributed by atoms with E-state index in [1.807, 2.05) is 35.5 Å². The molecule has 0 radical (unpaired) electrons. The molecule has 4 fully saturated rings. The quantitative estimate of drug-likeness (QED) is 0.111. The van der Waals surface area contributed by atoms with Gasteiger partial charge in [0.25, 0.3) is 0 Å². The summed E-state index contributed by atoms with van der Waals surface area (Å²) in [5, 5.41) is 11.6. The second-order valence-electron chi connectivity index (χ2n) is 16.8. The van der Waals surface area contributed by atoms with Crippen LogP contribution in [0.4, 0.5) is 4.79 Å². The molecule has 4 aliphatic rings. The number of H-pyrrole nitrogens is 2. The highest BCUT2D eigenvalue weighted by Gasteiger charge is 2.40. The van der Waals surface area contributed by atoms with Crippen LogP contribution in [0.5, 0.6) is 0 Å². The van der Waals surface area contributed by atoms with Gasteiger partial charge in [-0.15, -0.1) is 0 Å². The van der Waals surface area contributed by atoms with Crippen molar-refractivity contribution in [3.8, 4) is 33.6 Å². The van der Waals surface area contributed by atoms with Gasteiger partial charge in [-0.25, -0.2) is 14.8 Å². The number of benzene rings is 3. The van der Waals surface area contributed by atoms with Gasteiger partial charge in [-0.3, -0.25) is 14.5 Å². The van der Waals surface area contributed by atoms with Crippen LogP contribution in [0.2, 0.25) is 0 Å². The fraction of sp³-hybridized carbons (Fsp3) is 0.426. The third-order valence-corrected chi connectivity index (χ3v) is 13.1. The molecular weight excluding hydrogens is 741 g/mol. The summed E-state index contributed by atoms with van der Waals surface area (Å²) >= 11 is 0. The molecule has 12 heteroatoms. The molecule has 3 atom stereocenters. The molecule has 0 bridgehead atoms. The number of rotatable bonds is 10. The number of hydrogen-bond donors (Lipinski definition) is 4. The summed E-state index contributed by atoms with van der Waals surface area (Å²) < 4.78 is 0. The molecule has 3 saturated heterocycles. The van der Waals surface area contributed by atoms with Crippen LogP contribution in [0.25, 0.3) is 33.6 Å². The standard InChI is InChI=1S/C47H54N8O4/c56-45(36-21-23-37(24-22-36)50-47(58)59)54-27-7-11-40(54)43-48-29-38(51-43)33-17-13-31(14-18-33)32-15-19-34(20-16-32)39-30-49-44(52-39)41-12-8-28-55(41)46(57)42(35-9-3-1-4-10-35)53-25-5-2-6-26-53/h1,3-4,9-10,13-20,29-30,36-37,40-42,50H,2,5-8,11-12,21-28H2,(H,48,51)(H,49,52)(H,58,59)/t36?,37?,40-,41-,42+/m0/s1. The number of aromatic nitrogens is 4. The molecule has 0 unspecified atom stereocenters. The highest BCUT2D eigenvalue weighted by atomic mass is 16.4. The topological polar surface area (TPSA) is 151 Å². The van der Waals surface area contributed by atoms with Crippen LogP contribution in [0, 0.1) is 5.92 Å². The number of aromatic amines is 2. The highest BCUT2D eigenvalue weighted by Crippen LogP contribution is 2.38. The van der Waals surface area contributed by atoms with Crippen molar-refractivity contribution in [2.75, 3.05) is 26.2 Å². The number of carboxylic acid groups (broad SMARTS) is 1. The van der Waals surface area contributed by atoms with Crippen LogP contribution >= 0.6 is 0 Å².